The summed E-state index contributed by atoms with van der Waals surface area (Å²) >= 11 is 1.31. The predicted molar refractivity (Wildman–Crippen MR) is 141 cm³/mol. The lowest BCUT2D eigenvalue weighted by molar-refractivity contribution is -0.115. The molecule has 0 bridgehead atoms. The van der Waals surface area contributed by atoms with E-state index >= 15 is 0 Å². The van der Waals surface area contributed by atoms with Crippen molar-refractivity contribution in [1.29, 1.82) is 0 Å². The highest BCUT2D eigenvalue weighted by Crippen LogP contribution is 2.29. The molecule has 1 aromatic heterocycles. The molecule has 0 saturated carbocycles. The van der Waals surface area contributed by atoms with Gasteiger partial charge in [-0.3, -0.25) is 14.2 Å². The quantitative estimate of drug-likeness (QED) is 0.226. The van der Waals surface area contributed by atoms with Crippen molar-refractivity contribution in [2.24, 2.45) is 0 Å². The summed E-state index contributed by atoms with van der Waals surface area (Å²) in [7, 11) is 0. The number of rotatable bonds is 10. The number of nitrogens with zero attached hydrogens (tertiary/aromatic N) is 2. The van der Waals surface area contributed by atoms with Crippen molar-refractivity contribution >= 4 is 34.3 Å². The molecule has 7 heteroatoms. The molecule has 1 unspecified atom stereocenters. The summed E-state index contributed by atoms with van der Waals surface area (Å²) in [6.45, 7) is 13.1. The van der Waals surface area contributed by atoms with E-state index < -0.39 is 5.25 Å². The second-order valence-corrected chi connectivity index (χ2v) is 10.4. The van der Waals surface area contributed by atoms with Crippen molar-refractivity contribution in [2.75, 3.05) is 11.9 Å². The van der Waals surface area contributed by atoms with Crippen LogP contribution in [0, 0.1) is 6.92 Å². The van der Waals surface area contributed by atoms with E-state index in [1.54, 1.807) is 10.6 Å². The maximum atomic E-state index is 13.3. The fourth-order valence-electron chi connectivity index (χ4n) is 3.76. The van der Waals surface area contributed by atoms with Gasteiger partial charge in [-0.15, -0.1) is 0 Å². The molecule has 1 N–H and O–H groups in total. The van der Waals surface area contributed by atoms with Crippen LogP contribution >= 0.6 is 11.8 Å². The lowest BCUT2D eigenvalue weighted by atomic mass is 9.98. The second-order valence-electron chi connectivity index (χ2n) is 9.08. The second kappa shape index (κ2) is 11.7. The summed E-state index contributed by atoms with van der Waals surface area (Å²) in [6, 6.07) is 13.4. The summed E-state index contributed by atoms with van der Waals surface area (Å²) in [4.78, 5) is 31.2. The van der Waals surface area contributed by atoms with Crippen molar-refractivity contribution in [3.05, 3.63) is 63.9 Å². The van der Waals surface area contributed by atoms with Crippen molar-refractivity contribution in [3.8, 4) is 0 Å². The van der Waals surface area contributed by atoms with E-state index in [2.05, 4.69) is 19.2 Å². The first kappa shape index (κ1) is 26.0. The number of benzene rings is 2. The van der Waals surface area contributed by atoms with Gasteiger partial charge < -0.3 is 10.1 Å². The van der Waals surface area contributed by atoms with Gasteiger partial charge in [0.15, 0.2) is 5.16 Å². The van der Waals surface area contributed by atoms with E-state index in [-0.39, 0.29) is 17.6 Å². The van der Waals surface area contributed by atoms with Gasteiger partial charge in [0.25, 0.3) is 5.56 Å². The lowest BCUT2D eigenvalue weighted by Crippen LogP contribution is -2.28. The topological polar surface area (TPSA) is 73.2 Å². The number of nitrogens with one attached hydrogen (secondary N) is 1. The minimum Gasteiger partial charge on any atom is -0.379 e. The van der Waals surface area contributed by atoms with Gasteiger partial charge in [0, 0.05) is 18.8 Å². The third-order valence-corrected chi connectivity index (χ3v) is 6.72. The number of aryl methyl sites for hydroxylation is 1. The monoisotopic (exact) mass is 481 g/mol. The molecule has 0 aliphatic heterocycles. The lowest BCUT2D eigenvalue weighted by Gasteiger charge is -2.19. The van der Waals surface area contributed by atoms with Gasteiger partial charge in [-0.05, 0) is 63.3 Å². The number of ether oxygens (including phenoxy) is 1. The zero-order valence-corrected chi connectivity index (χ0v) is 21.7. The molecular formula is C27H35N3O3S. The normalized spacial score (nSPS) is 12.5. The van der Waals surface area contributed by atoms with E-state index in [0.29, 0.717) is 41.5 Å². The van der Waals surface area contributed by atoms with Crippen molar-refractivity contribution in [2.45, 2.75) is 76.9 Å². The van der Waals surface area contributed by atoms with Crippen LogP contribution in [0.4, 0.5) is 5.69 Å². The van der Waals surface area contributed by atoms with Crippen molar-refractivity contribution < 1.29 is 9.53 Å². The first-order valence-electron chi connectivity index (χ1n) is 11.9. The van der Waals surface area contributed by atoms with E-state index in [4.69, 9.17) is 9.72 Å². The predicted octanol–water partition coefficient (Wildman–Crippen LogP) is 5.76. The van der Waals surface area contributed by atoms with E-state index in [0.717, 1.165) is 16.8 Å². The van der Waals surface area contributed by atoms with Crippen LogP contribution in [0.1, 0.15) is 58.1 Å². The zero-order chi connectivity index (χ0) is 24.8. The summed E-state index contributed by atoms with van der Waals surface area (Å²) < 4.78 is 7.33. The molecule has 0 saturated heterocycles. The molecule has 2 aromatic carbocycles. The third kappa shape index (κ3) is 6.27. The maximum absolute atomic E-state index is 13.3. The van der Waals surface area contributed by atoms with Crippen LogP contribution in [0.15, 0.2) is 52.4 Å². The van der Waals surface area contributed by atoms with Gasteiger partial charge in [0.1, 0.15) is 0 Å². The molecule has 182 valence electrons. The molecule has 0 radical (unpaired) electrons. The van der Waals surface area contributed by atoms with Gasteiger partial charge in [-0.1, -0.05) is 55.9 Å². The molecule has 1 atom stereocenters. The number of anilines is 1. The van der Waals surface area contributed by atoms with Gasteiger partial charge in [-0.25, -0.2) is 4.98 Å². The van der Waals surface area contributed by atoms with Crippen LogP contribution in [0.3, 0.4) is 0 Å². The molecular weight excluding hydrogens is 446 g/mol. The zero-order valence-electron chi connectivity index (χ0n) is 20.9. The fourth-order valence-corrected chi connectivity index (χ4v) is 4.69. The number of para-hydroxylation sites is 2. The van der Waals surface area contributed by atoms with Gasteiger partial charge in [0.05, 0.1) is 22.3 Å². The van der Waals surface area contributed by atoms with Crippen LogP contribution in [-0.4, -0.2) is 33.4 Å². The van der Waals surface area contributed by atoms with Crippen LogP contribution in [0.25, 0.3) is 10.9 Å². The highest BCUT2D eigenvalue weighted by molar-refractivity contribution is 8.00. The Labute approximate surface area is 206 Å². The van der Waals surface area contributed by atoms with Crippen molar-refractivity contribution in [3.63, 3.8) is 0 Å². The Morgan fingerprint density at radius 1 is 1.09 bits per heavy atom. The fraction of sp³-hybridized carbons (Fsp3) is 0.444. The largest absolute Gasteiger partial charge is 0.379 e. The molecule has 3 aromatic rings. The number of hydrogen-bond donors (Lipinski definition) is 1. The molecule has 34 heavy (non-hydrogen) atoms. The third-order valence-electron chi connectivity index (χ3n) is 5.63. The standard InChI is InChI=1S/C27H35N3O3S/c1-17(2)21-13-9-11-19(5)24(21)29-25(31)20(6)34-27-28-23-14-8-7-12-22(23)26(32)30(27)15-10-16-33-18(3)4/h7-9,11-14,17-18,20H,10,15-16H2,1-6H3,(H,29,31). The minimum absolute atomic E-state index is 0.0914. The molecule has 1 amide bonds. The number of hydrogen-bond acceptors (Lipinski definition) is 5. The first-order chi connectivity index (χ1) is 16.2. The highest BCUT2D eigenvalue weighted by Gasteiger charge is 2.21. The number of thioether (sulfide) groups is 1. The molecule has 3 rings (SSSR count). The Morgan fingerprint density at radius 2 is 1.82 bits per heavy atom. The average molecular weight is 482 g/mol. The maximum Gasteiger partial charge on any atom is 0.262 e. The minimum atomic E-state index is -0.439. The van der Waals surface area contributed by atoms with Crippen molar-refractivity contribution in [1.82, 2.24) is 9.55 Å². The number of aromatic nitrogens is 2. The molecule has 0 spiro atoms. The Kier molecular flexibility index (Phi) is 8.91. The summed E-state index contributed by atoms with van der Waals surface area (Å²) in [6.07, 6.45) is 0.828. The summed E-state index contributed by atoms with van der Waals surface area (Å²) in [5, 5.41) is 3.81. The Morgan fingerprint density at radius 3 is 2.53 bits per heavy atom. The van der Waals surface area contributed by atoms with E-state index in [1.807, 2.05) is 64.1 Å². The summed E-state index contributed by atoms with van der Waals surface area (Å²) in [5.74, 6) is 0.178. The van der Waals surface area contributed by atoms with Crippen LogP contribution in [0.5, 0.6) is 0 Å². The number of amides is 1. The molecule has 0 fully saturated rings. The number of carbonyl (C=O) groups is 1. The van der Waals surface area contributed by atoms with E-state index in [9.17, 15) is 9.59 Å². The average Bonchev–Trinajstić information content (AvgIpc) is 2.79. The van der Waals surface area contributed by atoms with Crippen LogP contribution in [0.2, 0.25) is 0 Å². The van der Waals surface area contributed by atoms with E-state index in [1.165, 1.54) is 11.8 Å². The smallest absolute Gasteiger partial charge is 0.262 e. The van der Waals surface area contributed by atoms with Gasteiger partial charge >= 0.3 is 0 Å². The first-order valence-corrected chi connectivity index (χ1v) is 12.7. The highest BCUT2D eigenvalue weighted by atomic mass is 32.2. The Balaban J connectivity index is 1.86. The SMILES string of the molecule is Cc1cccc(C(C)C)c1NC(=O)C(C)Sc1nc2ccccc2c(=O)n1CCCOC(C)C. The Bertz CT molecular complexity index is 1200. The molecule has 6 nitrogen and oxygen atoms in total. The van der Waals surface area contributed by atoms with Crippen LogP contribution < -0.4 is 10.9 Å². The number of carbonyl (C=O) groups excluding carboxylic acids is 1. The molecule has 0 aliphatic rings. The number of fused-ring (bicyclic) bond motifs is 1. The Hall–Kier alpha value is -2.64. The van der Waals surface area contributed by atoms with Gasteiger partial charge in [0.2, 0.25) is 5.91 Å². The molecule has 1 heterocycles. The van der Waals surface area contributed by atoms with Gasteiger partial charge in [-0.2, -0.15) is 0 Å². The summed E-state index contributed by atoms with van der Waals surface area (Å²) in [5.41, 5.74) is 3.55. The van der Waals surface area contributed by atoms with Crippen LogP contribution in [-0.2, 0) is 16.1 Å². The molecule has 0 aliphatic carbocycles.